The van der Waals surface area contributed by atoms with Gasteiger partial charge in [-0.1, -0.05) is 30.3 Å². The molecule has 0 aliphatic heterocycles. The van der Waals surface area contributed by atoms with Crippen molar-refractivity contribution >= 4 is 28.2 Å². The molecule has 4 rings (SSSR count). The largest absolute Gasteiger partial charge is 0.493 e. The maximum Gasteiger partial charge on any atom is 0.263 e. The molecule has 0 fully saturated rings. The maximum atomic E-state index is 12.4. The lowest BCUT2D eigenvalue weighted by atomic mass is 10.0. The van der Waals surface area contributed by atoms with Gasteiger partial charge in [0.1, 0.15) is 15.6 Å². The highest BCUT2D eigenvalue weighted by molar-refractivity contribution is 7.17. The zero-order chi connectivity index (χ0) is 22.7. The van der Waals surface area contributed by atoms with Gasteiger partial charge in [0.15, 0.2) is 17.1 Å². The van der Waals surface area contributed by atoms with E-state index in [1.165, 1.54) is 17.5 Å². The molecule has 0 saturated heterocycles. The van der Waals surface area contributed by atoms with Gasteiger partial charge < -0.3 is 24.4 Å². The highest BCUT2D eigenvalue weighted by atomic mass is 32.1. The van der Waals surface area contributed by atoms with Crippen molar-refractivity contribution < 1.29 is 23.9 Å². The molecule has 1 amide bonds. The molecule has 0 spiro atoms. The molecule has 2 aromatic heterocycles. The number of aliphatic hydroxyl groups excluding tert-OH is 1. The summed E-state index contributed by atoms with van der Waals surface area (Å²) < 4.78 is 16.5. The smallest absolute Gasteiger partial charge is 0.263 e. The number of hydrogen-bond acceptors (Lipinski definition) is 8. The number of para-hydroxylation sites is 1. The van der Waals surface area contributed by atoms with Crippen molar-refractivity contribution in [2.45, 2.75) is 19.4 Å². The van der Waals surface area contributed by atoms with Gasteiger partial charge in [-0.15, -0.1) is 11.3 Å². The van der Waals surface area contributed by atoms with E-state index in [1.54, 1.807) is 14.2 Å². The highest BCUT2D eigenvalue weighted by Crippen LogP contribution is 2.40. The van der Waals surface area contributed by atoms with Crippen molar-refractivity contribution in [3.05, 3.63) is 47.5 Å². The molecule has 32 heavy (non-hydrogen) atoms. The van der Waals surface area contributed by atoms with Gasteiger partial charge in [0.25, 0.3) is 5.91 Å². The Morgan fingerprint density at radius 1 is 1.25 bits per heavy atom. The van der Waals surface area contributed by atoms with Gasteiger partial charge in [-0.05, 0) is 30.2 Å². The number of rotatable bonds is 8. The number of fused-ring (bicyclic) bond motifs is 1. The molecule has 1 unspecified atom stereocenters. The first-order valence-corrected chi connectivity index (χ1v) is 10.9. The molecule has 0 bridgehead atoms. The van der Waals surface area contributed by atoms with E-state index in [-0.39, 0.29) is 18.6 Å². The van der Waals surface area contributed by atoms with Crippen LogP contribution in [0.15, 0.2) is 47.1 Å². The zero-order valence-corrected chi connectivity index (χ0v) is 18.7. The number of hydrogen-bond donors (Lipinski definition) is 2. The summed E-state index contributed by atoms with van der Waals surface area (Å²) >= 11 is 1.22. The van der Waals surface area contributed by atoms with E-state index in [1.807, 2.05) is 43.3 Å². The van der Waals surface area contributed by atoms with Gasteiger partial charge in [-0.3, -0.25) is 4.79 Å². The Hall–Kier alpha value is -3.43. The SMILES string of the molecule is CCC(CO)NC(=O)c1cnc(-c2noc3cc(-c4cccc(OC)c4OC)ccc23)s1. The van der Waals surface area contributed by atoms with E-state index in [0.29, 0.717) is 39.1 Å². The van der Waals surface area contributed by atoms with Crippen molar-refractivity contribution in [2.75, 3.05) is 20.8 Å². The van der Waals surface area contributed by atoms with E-state index in [2.05, 4.69) is 15.5 Å². The monoisotopic (exact) mass is 453 g/mol. The molecule has 0 aliphatic carbocycles. The normalized spacial score (nSPS) is 12.0. The number of amides is 1. The average molecular weight is 454 g/mol. The first-order valence-electron chi connectivity index (χ1n) is 10.1. The molecular weight excluding hydrogens is 430 g/mol. The minimum Gasteiger partial charge on any atom is -0.493 e. The summed E-state index contributed by atoms with van der Waals surface area (Å²) in [5.41, 5.74) is 2.93. The number of thiazole rings is 1. The molecule has 166 valence electrons. The molecule has 0 aliphatic rings. The summed E-state index contributed by atoms with van der Waals surface area (Å²) in [5.74, 6) is 1.01. The van der Waals surface area contributed by atoms with Crippen LogP contribution in [0.2, 0.25) is 0 Å². The Morgan fingerprint density at radius 3 is 2.81 bits per heavy atom. The fourth-order valence-corrected chi connectivity index (χ4v) is 4.21. The molecule has 0 radical (unpaired) electrons. The fourth-order valence-electron chi connectivity index (χ4n) is 3.40. The third-order valence-electron chi connectivity index (χ3n) is 5.17. The predicted molar refractivity (Wildman–Crippen MR) is 122 cm³/mol. The Labute approximate surface area is 188 Å². The number of nitrogens with zero attached hydrogens (tertiary/aromatic N) is 2. The molecule has 9 heteroatoms. The molecule has 8 nitrogen and oxygen atoms in total. The standard InChI is InChI=1S/C23H23N3O5S/c1-4-14(12-27)25-22(28)19-11-24-23(32-19)20-16-9-8-13(10-18(16)31-26-20)15-6-5-7-17(29-2)21(15)30-3/h5-11,14,27H,4,12H2,1-3H3,(H,25,28). The molecule has 2 aromatic carbocycles. The number of carbonyl (C=O) groups is 1. The average Bonchev–Trinajstić information content (AvgIpc) is 3.48. The van der Waals surface area contributed by atoms with Gasteiger partial charge in [-0.25, -0.2) is 4.98 Å². The Morgan fingerprint density at radius 2 is 2.09 bits per heavy atom. The van der Waals surface area contributed by atoms with E-state index in [9.17, 15) is 9.90 Å². The quantitative estimate of drug-likeness (QED) is 0.413. The fraction of sp³-hybridized carbons (Fsp3) is 0.261. The highest BCUT2D eigenvalue weighted by Gasteiger charge is 2.20. The molecule has 2 N–H and O–H groups in total. The minimum absolute atomic E-state index is 0.109. The van der Waals surface area contributed by atoms with Crippen LogP contribution >= 0.6 is 11.3 Å². The van der Waals surface area contributed by atoms with Crippen LogP contribution in [-0.2, 0) is 0 Å². The Bertz CT molecular complexity index is 1250. The number of carbonyl (C=O) groups excluding carboxylic acids is 1. The number of aromatic nitrogens is 2. The van der Waals surface area contributed by atoms with E-state index >= 15 is 0 Å². The Balaban J connectivity index is 1.65. The molecule has 1 atom stereocenters. The van der Waals surface area contributed by atoms with E-state index < -0.39 is 0 Å². The van der Waals surface area contributed by atoms with Crippen LogP contribution in [0.3, 0.4) is 0 Å². The summed E-state index contributed by atoms with van der Waals surface area (Å²) in [5, 5.41) is 17.6. The summed E-state index contributed by atoms with van der Waals surface area (Å²) in [7, 11) is 3.20. The maximum absolute atomic E-state index is 12.4. The van der Waals surface area contributed by atoms with Crippen LogP contribution in [0, 0.1) is 0 Å². The van der Waals surface area contributed by atoms with Gasteiger partial charge in [-0.2, -0.15) is 0 Å². The molecule has 4 aromatic rings. The molecular formula is C23H23N3O5S. The third kappa shape index (κ3) is 4.04. The lowest BCUT2D eigenvalue weighted by Crippen LogP contribution is -2.36. The second-order valence-electron chi connectivity index (χ2n) is 7.07. The second-order valence-corrected chi connectivity index (χ2v) is 8.10. The van der Waals surface area contributed by atoms with Gasteiger partial charge in [0, 0.05) is 5.56 Å². The van der Waals surface area contributed by atoms with E-state index in [4.69, 9.17) is 14.0 Å². The van der Waals surface area contributed by atoms with Gasteiger partial charge in [0.05, 0.1) is 38.5 Å². The van der Waals surface area contributed by atoms with Crippen LogP contribution in [-0.4, -0.2) is 48.0 Å². The second kappa shape index (κ2) is 9.37. The van der Waals surface area contributed by atoms with Crippen molar-refractivity contribution in [2.24, 2.45) is 0 Å². The lowest BCUT2D eigenvalue weighted by Gasteiger charge is -2.12. The number of aliphatic hydroxyl groups is 1. The van der Waals surface area contributed by atoms with Gasteiger partial charge >= 0.3 is 0 Å². The van der Waals surface area contributed by atoms with Crippen LogP contribution < -0.4 is 14.8 Å². The summed E-state index contributed by atoms with van der Waals surface area (Å²) in [6, 6.07) is 11.2. The van der Waals surface area contributed by atoms with E-state index in [0.717, 1.165) is 16.5 Å². The molecule has 2 heterocycles. The van der Waals surface area contributed by atoms with Crippen molar-refractivity contribution in [1.82, 2.24) is 15.5 Å². The van der Waals surface area contributed by atoms with Gasteiger partial charge in [0.2, 0.25) is 0 Å². The number of nitrogens with one attached hydrogen (secondary N) is 1. The van der Waals surface area contributed by atoms with Crippen molar-refractivity contribution in [1.29, 1.82) is 0 Å². The van der Waals surface area contributed by atoms with Crippen molar-refractivity contribution in [3.8, 4) is 33.3 Å². The summed E-state index contributed by atoms with van der Waals surface area (Å²) in [6.45, 7) is 1.79. The molecule has 0 saturated carbocycles. The first kappa shape index (κ1) is 21.8. The number of benzene rings is 2. The van der Waals surface area contributed by atoms with Crippen LogP contribution in [0.1, 0.15) is 23.0 Å². The van der Waals surface area contributed by atoms with Crippen LogP contribution in [0.4, 0.5) is 0 Å². The van der Waals surface area contributed by atoms with Crippen LogP contribution in [0.25, 0.3) is 32.8 Å². The number of methoxy groups -OCH3 is 2. The zero-order valence-electron chi connectivity index (χ0n) is 17.9. The Kier molecular flexibility index (Phi) is 6.38. The lowest BCUT2D eigenvalue weighted by molar-refractivity contribution is 0.0919. The summed E-state index contributed by atoms with van der Waals surface area (Å²) in [6.07, 6.45) is 2.15. The van der Waals surface area contributed by atoms with Crippen molar-refractivity contribution in [3.63, 3.8) is 0 Å². The van der Waals surface area contributed by atoms with Crippen LogP contribution in [0.5, 0.6) is 11.5 Å². The third-order valence-corrected chi connectivity index (χ3v) is 6.17. The predicted octanol–water partition coefficient (Wildman–Crippen LogP) is 4.14. The summed E-state index contributed by atoms with van der Waals surface area (Å²) in [4.78, 5) is 17.2. The first-order chi connectivity index (χ1) is 15.6. The topological polar surface area (TPSA) is 107 Å². The number of ether oxygens (including phenoxy) is 2. The minimum atomic E-state index is -0.284.